The molecule has 0 aliphatic carbocycles. The quantitative estimate of drug-likeness (QED) is 0.779. The van der Waals surface area contributed by atoms with Crippen molar-refractivity contribution in [2.45, 2.75) is 31.7 Å². The summed E-state index contributed by atoms with van der Waals surface area (Å²) in [4.78, 5) is 4.18. The van der Waals surface area contributed by atoms with Crippen LogP contribution in [0, 0.1) is 0 Å². The number of hydrogen-bond acceptors (Lipinski definition) is 6. The Kier molecular flexibility index (Phi) is 3.30. The van der Waals surface area contributed by atoms with Crippen LogP contribution in [0.1, 0.15) is 30.7 Å². The van der Waals surface area contributed by atoms with Crippen molar-refractivity contribution in [3.8, 4) is 0 Å². The van der Waals surface area contributed by atoms with Gasteiger partial charge in [-0.25, -0.2) is 0 Å². The molecule has 2 atom stereocenters. The van der Waals surface area contributed by atoms with Crippen molar-refractivity contribution >= 4 is 0 Å². The molecule has 0 aromatic carbocycles. The predicted octanol–water partition coefficient (Wildman–Crippen LogP) is 0.395. The molecule has 1 fully saturated rings. The van der Waals surface area contributed by atoms with Crippen LogP contribution in [0.2, 0.25) is 0 Å². The van der Waals surface area contributed by atoms with Gasteiger partial charge in [-0.15, -0.1) is 0 Å². The van der Waals surface area contributed by atoms with Crippen LogP contribution in [0.25, 0.3) is 0 Å². The lowest BCUT2D eigenvalue weighted by atomic mass is 10.2. The second-order valence-corrected chi connectivity index (χ2v) is 3.54. The highest BCUT2D eigenvalue weighted by atomic mass is 16.5. The third kappa shape index (κ3) is 2.34. The number of ether oxygens (including phenoxy) is 2. The van der Waals surface area contributed by atoms with E-state index in [-0.39, 0.29) is 12.2 Å². The number of nitrogens with two attached hydrogens (primary N) is 1. The fourth-order valence-corrected chi connectivity index (χ4v) is 1.65. The summed E-state index contributed by atoms with van der Waals surface area (Å²) in [6, 6.07) is 0. The van der Waals surface area contributed by atoms with Crippen LogP contribution in [-0.4, -0.2) is 29.9 Å². The Hall–Kier alpha value is -0.980. The van der Waals surface area contributed by atoms with E-state index >= 15 is 0 Å². The van der Waals surface area contributed by atoms with Gasteiger partial charge in [0.05, 0.1) is 6.10 Å². The van der Waals surface area contributed by atoms with E-state index in [2.05, 4.69) is 10.1 Å². The van der Waals surface area contributed by atoms with Gasteiger partial charge in [0.15, 0.2) is 5.82 Å². The van der Waals surface area contributed by atoms with Gasteiger partial charge in [-0.05, 0) is 12.8 Å². The highest BCUT2D eigenvalue weighted by Crippen LogP contribution is 2.31. The highest BCUT2D eigenvalue weighted by Gasteiger charge is 2.29. The summed E-state index contributed by atoms with van der Waals surface area (Å²) in [5.74, 6) is 1.07. The minimum atomic E-state index is -0.100. The molecule has 6 nitrogen and oxygen atoms in total. The molecule has 2 rings (SSSR count). The SMILES string of the molecule is COCc1noc(C2CCC(CN)O2)n1. The van der Waals surface area contributed by atoms with Gasteiger partial charge in [0.25, 0.3) is 5.89 Å². The van der Waals surface area contributed by atoms with Gasteiger partial charge < -0.3 is 19.7 Å². The molecule has 1 aromatic heterocycles. The molecular formula is C9H15N3O3. The first-order valence-electron chi connectivity index (χ1n) is 5.00. The number of methoxy groups -OCH3 is 1. The predicted molar refractivity (Wildman–Crippen MR) is 50.9 cm³/mol. The molecule has 0 spiro atoms. The summed E-state index contributed by atoms with van der Waals surface area (Å²) in [6.07, 6.45) is 1.85. The van der Waals surface area contributed by atoms with Gasteiger partial charge in [-0.1, -0.05) is 5.16 Å². The van der Waals surface area contributed by atoms with E-state index in [0.717, 1.165) is 12.8 Å². The summed E-state index contributed by atoms with van der Waals surface area (Å²) >= 11 is 0. The third-order valence-corrected chi connectivity index (χ3v) is 2.40. The Morgan fingerprint density at radius 1 is 1.53 bits per heavy atom. The van der Waals surface area contributed by atoms with Crippen LogP contribution in [-0.2, 0) is 16.1 Å². The van der Waals surface area contributed by atoms with E-state index in [1.165, 1.54) is 0 Å². The van der Waals surface area contributed by atoms with E-state index < -0.39 is 0 Å². The molecule has 2 unspecified atom stereocenters. The maximum absolute atomic E-state index is 5.63. The Bertz CT molecular complexity index is 315. The first kappa shape index (κ1) is 10.5. The van der Waals surface area contributed by atoms with Gasteiger partial charge in [0, 0.05) is 13.7 Å². The second kappa shape index (κ2) is 4.69. The van der Waals surface area contributed by atoms with Gasteiger partial charge in [0.1, 0.15) is 12.7 Å². The van der Waals surface area contributed by atoms with E-state index in [1.54, 1.807) is 7.11 Å². The maximum atomic E-state index is 5.63. The molecular weight excluding hydrogens is 198 g/mol. The Morgan fingerprint density at radius 3 is 3.07 bits per heavy atom. The van der Waals surface area contributed by atoms with E-state index in [1.807, 2.05) is 0 Å². The maximum Gasteiger partial charge on any atom is 0.255 e. The standard InChI is InChI=1S/C9H15N3O3/c1-13-5-8-11-9(15-12-8)7-3-2-6(4-10)14-7/h6-7H,2-5,10H2,1H3. The second-order valence-electron chi connectivity index (χ2n) is 3.54. The Morgan fingerprint density at radius 2 is 2.40 bits per heavy atom. The smallest absolute Gasteiger partial charge is 0.255 e. The Labute approximate surface area is 87.7 Å². The minimum Gasteiger partial charge on any atom is -0.377 e. The first-order chi connectivity index (χ1) is 7.33. The average molecular weight is 213 g/mol. The lowest BCUT2D eigenvalue weighted by Crippen LogP contribution is -2.18. The lowest BCUT2D eigenvalue weighted by molar-refractivity contribution is 0.0307. The van der Waals surface area contributed by atoms with E-state index in [9.17, 15) is 0 Å². The highest BCUT2D eigenvalue weighted by molar-refractivity contribution is 4.92. The average Bonchev–Trinajstić information content (AvgIpc) is 2.85. The molecule has 0 saturated carbocycles. The normalized spacial score (nSPS) is 26.0. The lowest BCUT2D eigenvalue weighted by Gasteiger charge is -2.07. The topological polar surface area (TPSA) is 83.4 Å². The molecule has 15 heavy (non-hydrogen) atoms. The van der Waals surface area contributed by atoms with E-state index in [4.69, 9.17) is 19.7 Å². The van der Waals surface area contributed by atoms with Gasteiger partial charge in [0.2, 0.25) is 0 Å². The summed E-state index contributed by atoms with van der Waals surface area (Å²) < 4.78 is 15.6. The van der Waals surface area contributed by atoms with Crippen LogP contribution in [0.3, 0.4) is 0 Å². The molecule has 0 radical (unpaired) electrons. The third-order valence-electron chi connectivity index (χ3n) is 2.40. The summed E-state index contributed by atoms with van der Waals surface area (Å²) in [7, 11) is 1.59. The van der Waals surface area contributed by atoms with Crippen molar-refractivity contribution in [2.24, 2.45) is 5.73 Å². The van der Waals surface area contributed by atoms with Crippen LogP contribution in [0.15, 0.2) is 4.52 Å². The van der Waals surface area contributed by atoms with Crippen molar-refractivity contribution in [1.29, 1.82) is 0 Å². The largest absolute Gasteiger partial charge is 0.377 e. The van der Waals surface area contributed by atoms with E-state index in [0.29, 0.717) is 24.9 Å². The van der Waals surface area contributed by atoms with Crippen LogP contribution in [0.5, 0.6) is 0 Å². The molecule has 1 saturated heterocycles. The molecule has 2 heterocycles. The zero-order valence-electron chi connectivity index (χ0n) is 8.68. The Balaban J connectivity index is 1.97. The molecule has 0 bridgehead atoms. The molecule has 0 amide bonds. The zero-order chi connectivity index (χ0) is 10.7. The molecule has 1 aliphatic rings. The fourth-order valence-electron chi connectivity index (χ4n) is 1.65. The van der Waals surface area contributed by atoms with Gasteiger partial charge in [-0.2, -0.15) is 4.98 Å². The van der Waals surface area contributed by atoms with Crippen LogP contribution in [0.4, 0.5) is 0 Å². The first-order valence-corrected chi connectivity index (χ1v) is 5.00. The number of rotatable bonds is 4. The molecule has 1 aliphatic heterocycles. The molecule has 2 N–H and O–H groups in total. The summed E-state index contributed by atoms with van der Waals surface area (Å²) in [6.45, 7) is 0.895. The van der Waals surface area contributed by atoms with Crippen molar-refractivity contribution in [1.82, 2.24) is 10.1 Å². The van der Waals surface area contributed by atoms with Gasteiger partial charge >= 0.3 is 0 Å². The molecule has 6 heteroatoms. The number of nitrogens with zero attached hydrogens (tertiary/aromatic N) is 2. The number of aromatic nitrogens is 2. The summed E-state index contributed by atoms with van der Waals surface area (Å²) in [5.41, 5.74) is 5.52. The molecule has 1 aromatic rings. The van der Waals surface area contributed by atoms with Crippen molar-refractivity contribution < 1.29 is 14.0 Å². The van der Waals surface area contributed by atoms with Gasteiger partial charge in [-0.3, -0.25) is 0 Å². The molecule has 84 valence electrons. The van der Waals surface area contributed by atoms with Crippen molar-refractivity contribution in [2.75, 3.05) is 13.7 Å². The van der Waals surface area contributed by atoms with Crippen molar-refractivity contribution in [3.05, 3.63) is 11.7 Å². The van der Waals surface area contributed by atoms with Crippen molar-refractivity contribution in [3.63, 3.8) is 0 Å². The van der Waals surface area contributed by atoms with Crippen LogP contribution < -0.4 is 5.73 Å². The minimum absolute atomic E-state index is 0.100. The van der Waals surface area contributed by atoms with Crippen LogP contribution >= 0.6 is 0 Å². The monoisotopic (exact) mass is 213 g/mol. The zero-order valence-corrected chi connectivity index (χ0v) is 8.68. The number of hydrogen-bond donors (Lipinski definition) is 1. The summed E-state index contributed by atoms with van der Waals surface area (Å²) in [5, 5.41) is 3.78. The fraction of sp³-hybridized carbons (Fsp3) is 0.778.